The average molecular weight is 1230 g/mol. The quantitative estimate of drug-likeness (QED) is 0.0242. The SMILES string of the molecule is C[C@@H](NC(=O)[C@H](Cc1ccccc1)NC(=O)[C@@H](C)NC(=O)[C@@H](N)Cc1ccc(O)cc1)C(=O)N[C@@H](Cc1ccc(O)cc1)C(=O)N1CCC[C@H]1C(=O)N[C@@H](CO)C(=O)NCCCC[C@H]1NC(=O)[C@@H](CC(=O)N[C@H](Cc2c[nH]c3ccccc23)C(=O)O)NC1=O. The van der Waals surface area contributed by atoms with Crippen LogP contribution in [0.5, 0.6) is 11.5 Å². The number of benzene rings is 4. The molecule has 0 aliphatic carbocycles. The topological polar surface area (TPSA) is 422 Å². The number of aromatic hydroxyl groups is 2. The minimum Gasteiger partial charge on any atom is -0.508 e. The lowest BCUT2D eigenvalue weighted by Crippen LogP contribution is -2.62. The number of aliphatic hydroxyl groups is 1. The number of aromatic nitrogens is 1. The standard InChI is InChI=1S/C62H76N12O15/c1-34(66-55(81)43(63)27-37-17-21-40(76)22-18-37)53(79)70-46(28-36-11-4-3-5-12-36)58(84)67-35(2)54(80)72-48(29-38-19-23-41(77)24-20-38)61(87)74-26-10-16-51(74)60(86)73-50(33-75)56(82)64-25-9-8-15-45-57(83)71-47(59(85)69-45)31-52(78)68-49(62(88)89)30-39-32-65-44-14-7-6-13-42(39)44/h3-7,11-14,17-24,32,34-35,43,45-51,65,75-77H,8-10,15-16,25-31,33,63H2,1-2H3,(H,64,82)(H,66,81)(H,67,84)(H,68,78)(H,69,85)(H,70,79)(H,71,83)(H,72,80)(H,73,86)(H,88,89)/t34-,35-,43+,45-,46+,47-,48+,49-,50+,51+/m1/s1. The van der Waals surface area contributed by atoms with Crippen molar-refractivity contribution in [3.05, 3.63) is 132 Å². The van der Waals surface area contributed by atoms with E-state index in [4.69, 9.17) is 5.73 Å². The summed E-state index contributed by atoms with van der Waals surface area (Å²) in [7, 11) is 0. The van der Waals surface area contributed by atoms with E-state index in [2.05, 4.69) is 52.8 Å². The average Bonchev–Trinajstić information content (AvgIpc) is 3.64. The second-order valence-electron chi connectivity index (χ2n) is 22.2. The number of H-pyrrole nitrogens is 1. The Morgan fingerprint density at radius 2 is 1.18 bits per heavy atom. The Morgan fingerprint density at radius 1 is 0.607 bits per heavy atom. The minimum absolute atomic E-state index is 0.0272. The van der Waals surface area contributed by atoms with Gasteiger partial charge in [-0.15, -0.1) is 0 Å². The summed E-state index contributed by atoms with van der Waals surface area (Å²) in [5, 5.41) is 63.7. The Labute approximate surface area is 512 Å². The van der Waals surface area contributed by atoms with E-state index in [1.54, 1.807) is 54.7 Å². The summed E-state index contributed by atoms with van der Waals surface area (Å²) in [6, 6.07) is 15.7. The molecule has 0 unspecified atom stereocenters. The van der Waals surface area contributed by atoms with E-state index in [9.17, 15) is 73.2 Å². The van der Waals surface area contributed by atoms with E-state index < -0.39 is 138 Å². The lowest BCUT2D eigenvalue weighted by molar-refractivity contribution is -0.142. The van der Waals surface area contributed by atoms with E-state index in [0.29, 0.717) is 41.5 Å². The number of unbranched alkanes of at least 4 members (excludes halogenated alkanes) is 1. The second kappa shape index (κ2) is 31.7. The number of nitrogens with two attached hydrogens (primary N) is 1. The molecule has 0 radical (unpaired) electrons. The summed E-state index contributed by atoms with van der Waals surface area (Å²) in [4.78, 5) is 152. The summed E-state index contributed by atoms with van der Waals surface area (Å²) in [6.45, 7) is 2.06. The van der Waals surface area contributed by atoms with Crippen LogP contribution in [0, 0.1) is 0 Å². The number of nitrogens with one attached hydrogen (secondary N) is 10. The number of aromatic amines is 1. The number of amides is 10. The summed E-state index contributed by atoms with van der Waals surface area (Å²) in [5.74, 6) is -8.44. The first-order valence-electron chi connectivity index (χ1n) is 29.3. The number of piperazine rings is 1. The third kappa shape index (κ3) is 19.1. The van der Waals surface area contributed by atoms with Gasteiger partial charge in [-0.05, 0) is 105 Å². The first kappa shape index (κ1) is 66.6. The molecule has 0 bridgehead atoms. The molecule has 2 aliphatic heterocycles. The van der Waals surface area contributed by atoms with Gasteiger partial charge in [0, 0.05) is 49.5 Å². The van der Waals surface area contributed by atoms with Crippen LogP contribution < -0.4 is 53.6 Å². The summed E-state index contributed by atoms with van der Waals surface area (Å²) in [5.41, 5.74) is 9.42. The van der Waals surface area contributed by atoms with Gasteiger partial charge in [-0.25, -0.2) is 4.79 Å². The molecular formula is C62H76N12O15. The minimum atomic E-state index is -1.45. The van der Waals surface area contributed by atoms with Crippen molar-refractivity contribution in [1.29, 1.82) is 0 Å². The van der Waals surface area contributed by atoms with Gasteiger partial charge in [-0.2, -0.15) is 0 Å². The molecule has 0 spiro atoms. The lowest BCUT2D eigenvalue weighted by Gasteiger charge is -2.30. The maximum absolute atomic E-state index is 14.6. The number of aliphatic hydroxyl groups excluding tert-OH is 1. The molecule has 10 amide bonds. The fourth-order valence-electron chi connectivity index (χ4n) is 10.4. The first-order chi connectivity index (χ1) is 42.6. The number of carboxylic acids is 1. The smallest absolute Gasteiger partial charge is 0.326 e. The molecule has 474 valence electrons. The fourth-order valence-corrected chi connectivity index (χ4v) is 10.4. The Morgan fingerprint density at radius 3 is 1.83 bits per heavy atom. The Kier molecular flexibility index (Phi) is 23.7. The fraction of sp³-hybridized carbons (Fsp3) is 0.403. The number of para-hydroxylation sites is 1. The number of carbonyl (C=O) groups is 11. The van der Waals surface area contributed by atoms with Crippen LogP contribution in [-0.2, 0) is 78.4 Å². The largest absolute Gasteiger partial charge is 0.508 e. The number of fused-ring (bicyclic) bond motifs is 1. The summed E-state index contributed by atoms with van der Waals surface area (Å²) < 4.78 is 0. The van der Waals surface area contributed by atoms with Crippen LogP contribution in [0.3, 0.4) is 0 Å². The van der Waals surface area contributed by atoms with Crippen LogP contribution in [0.2, 0.25) is 0 Å². The van der Waals surface area contributed by atoms with Crippen LogP contribution in [-0.4, -0.2) is 175 Å². The number of likely N-dealkylation sites (tertiary alicyclic amines) is 1. The monoisotopic (exact) mass is 1230 g/mol. The lowest BCUT2D eigenvalue weighted by atomic mass is 10.0. The van der Waals surface area contributed by atoms with Crippen LogP contribution in [0.15, 0.2) is 109 Å². The third-order valence-corrected chi connectivity index (χ3v) is 15.4. The van der Waals surface area contributed by atoms with Gasteiger partial charge in [0.2, 0.25) is 59.1 Å². The van der Waals surface area contributed by atoms with Crippen molar-refractivity contribution in [2.24, 2.45) is 5.73 Å². The van der Waals surface area contributed by atoms with Gasteiger partial charge in [0.25, 0.3) is 0 Å². The van der Waals surface area contributed by atoms with E-state index in [1.807, 2.05) is 18.2 Å². The van der Waals surface area contributed by atoms with Crippen LogP contribution in [0.4, 0.5) is 0 Å². The Hall–Kier alpha value is -9.89. The molecule has 16 N–H and O–H groups in total. The summed E-state index contributed by atoms with van der Waals surface area (Å²) >= 11 is 0. The van der Waals surface area contributed by atoms with Crippen molar-refractivity contribution in [3.63, 3.8) is 0 Å². The Balaban J connectivity index is 0.884. The third-order valence-electron chi connectivity index (χ3n) is 15.4. The molecule has 10 atom stereocenters. The molecule has 7 rings (SSSR count). The maximum atomic E-state index is 14.6. The van der Waals surface area contributed by atoms with Crippen molar-refractivity contribution in [3.8, 4) is 11.5 Å². The highest BCUT2D eigenvalue weighted by Crippen LogP contribution is 2.23. The van der Waals surface area contributed by atoms with E-state index in [-0.39, 0.29) is 63.1 Å². The highest BCUT2D eigenvalue weighted by Gasteiger charge is 2.40. The predicted octanol–water partition coefficient (Wildman–Crippen LogP) is -1.15. The molecule has 2 aliphatic rings. The van der Waals surface area contributed by atoms with Crippen molar-refractivity contribution < 1.29 is 73.2 Å². The van der Waals surface area contributed by atoms with Gasteiger partial charge in [-0.1, -0.05) is 72.8 Å². The molecule has 3 heterocycles. The molecule has 0 saturated carbocycles. The molecule has 4 aromatic carbocycles. The molecular weight excluding hydrogens is 1150 g/mol. The van der Waals surface area contributed by atoms with Crippen molar-refractivity contribution in [2.45, 2.75) is 138 Å². The van der Waals surface area contributed by atoms with Gasteiger partial charge in [0.05, 0.1) is 19.1 Å². The molecule has 89 heavy (non-hydrogen) atoms. The summed E-state index contributed by atoms with van der Waals surface area (Å²) in [6.07, 6.45) is 2.34. The zero-order chi connectivity index (χ0) is 64.3. The number of hydrogen-bond acceptors (Lipinski definition) is 15. The molecule has 5 aromatic rings. The van der Waals surface area contributed by atoms with Gasteiger partial charge < -0.3 is 83.9 Å². The number of carboxylic acid groups (broad SMARTS) is 1. The number of rotatable bonds is 30. The zero-order valence-corrected chi connectivity index (χ0v) is 49.2. The number of carbonyl (C=O) groups excluding carboxylic acids is 10. The zero-order valence-electron chi connectivity index (χ0n) is 49.2. The van der Waals surface area contributed by atoms with Gasteiger partial charge in [0.15, 0.2) is 0 Å². The number of aliphatic carboxylic acids is 1. The molecule has 1 aromatic heterocycles. The normalized spacial score (nSPS) is 17.8. The second-order valence-corrected chi connectivity index (χ2v) is 22.2. The maximum Gasteiger partial charge on any atom is 0.326 e. The highest BCUT2D eigenvalue weighted by molar-refractivity contribution is 6.00. The van der Waals surface area contributed by atoms with E-state index in [1.165, 1.54) is 55.1 Å². The first-order valence-corrected chi connectivity index (χ1v) is 29.3. The number of hydrogen-bond donors (Lipinski definition) is 15. The number of phenolic OH excluding ortho intramolecular Hbond substituents is 2. The molecule has 27 nitrogen and oxygen atoms in total. The molecule has 2 saturated heterocycles. The van der Waals surface area contributed by atoms with Crippen molar-refractivity contribution >= 4 is 75.9 Å². The highest BCUT2D eigenvalue weighted by atomic mass is 16.4. The number of phenols is 2. The Bertz CT molecular complexity index is 3350. The van der Waals surface area contributed by atoms with E-state index >= 15 is 0 Å². The molecule has 2 fully saturated rings. The van der Waals surface area contributed by atoms with Gasteiger partial charge >= 0.3 is 5.97 Å². The van der Waals surface area contributed by atoms with Gasteiger partial charge in [-0.3, -0.25) is 47.9 Å². The number of nitrogens with zero attached hydrogens (tertiary/aromatic N) is 1. The van der Waals surface area contributed by atoms with Gasteiger partial charge in [0.1, 0.15) is 65.9 Å². The van der Waals surface area contributed by atoms with Crippen LogP contribution >= 0.6 is 0 Å². The van der Waals surface area contributed by atoms with Crippen LogP contribution in [0.1, 0.15) is 74.6 Å². The van der Waals surface area contributed by atoms with Crippen LogP contribution in [0.25, 0.3) is 10.9 Å². The molecule has 27 heteroatoms. The van der Waals surface area contributed by atoms with Crippen molar-refractivity contribution in [1.82, 2.24) is 57.7 Å². The predicted molar refractivity (Wildman–Crippen MR) is 321 cm³/mol. The van der Waals surface area contributed by atoms with E-state index in [0.717, 1.165) is 10.9 Å². The van der Waals surface area contributed by atoms with Crippen molar-refractivity contribution in [2.75, 3.05) is 19.7 Å².